The summed E-state index contributed by atoms with van der Waals surface area (Å²) in [7, 11) is 0. The number of hydrogen-bond donors (Lipinski definition) is 2. The summed E-state index contributed by atoms with van der Waals surface area (Å²) in [6.07, 6.45) is -0.292. The van der Waals surface area contributed by atoms with Gasteiger partial charge in [0.05, 0.1) is 6.04 Å². The molecule has 3 fully saturated rings. The second-order valence-corrected chi connectivity index (χ2v) is 2.84. The predicted octanol–water partition coefficient (Wildman–Crippen LogP) is -0.271. The number of rotatable bonds is 0. The SMILES string of the molecule is O=C1NC[C@H]2CC1N2C(=O)O.[HH].[HH]. The van der Waals surface area contributed by atoms with Gasteiger partial charge in [-0.3, -0.25) is 9.69 Å². The van der Waals surface area contributed by atoms with Gasteiger partial charge in [-0.1, -0.05) is 0 Å². The van der Waals surface area contributed by atoms with Gasteiger partial charge in [-0.2, -0.15) is 0 Å². The molecule has 3 aliphatic rings. The highest BCUT2D eigenvalue weighted by Gasteiger charge is 2.49. The Morgan fingerprint density at radius 1 is 1.82 bits per heavy atom. The van der Waals surface area contributed by atoms with Crippen LogP contribution in [0.2, 0.25) is 0 Å². The average Bonchev–Trinajstić information content (AvgIpc) is 1.84. The van der Waals surface area contributed by atoms with Gasteiger partial charge < -0.3 is 10.4 Å². The van der Waals surface area contributed by atoms with E-state index in [0.29, 0.717) is 13.0 Å². The molecular weight excluding hydrogens is 148 g/mol. The molecule has 0 aromatic rings. The van der Waals surface area contributed by atoms with Crippen molar-refractivity contribution in [3.63, 3.8) is 0 Å². The number of carbonyl (C=O) groups is 2. The minimum atomic E-state index is -0.985. The molecular formula is C6H12N2O3. The molecule has 0 aromatic carbocycles. The smallest absolute Gasteiger partial charge is 0.408 e. The van der Waals surface area contributed by atoms with Gasteiger partial charge >= 0.3 is 6.09 Å². The zero-order valence-electron chi connectivity index (χ0n) is 5.78. The molecule has 0 aliphatic carbocycles. The van der Waals surface area contributed by atoms with E-state index in [9.17, 15) is 9.59 Å². The van der Waals surface area contributed by atoms with Crippen molar-refractivity contribution in [1.82, 2.24) is 10.2 Å². The van der Waals surface area contributed by atoms with Crippen LogP contribution in [0, 0.1) is 0 Å². The Balaban J connectivity index is 0.000000720. The molecule has 2 atom stereocenters. The van der Waals surface area contributed by atoms with E-state index in [0.717, 1.165) is 0 Å². The minimum Gasteiger partial charge on any atom is -0.465 e. The Morgan fingerprint density at radius 2 is 2.55 bits per heavy atom. The summed E-state index contributed by atoms with van der Waals surface area (Å²) in [5.74, 6) is -0.157. The standard InChI is InChI=1S/C6H8N2O3.2H2/c9-5-4-1-3(2-7-5)8(4)6(10)11;;/h3-4H,1-2H2,(H,7,9)(H,10,11);2*1H/t3-,4?;;/m1../s1. The summed E-state index contributed by atoms with van der Waals surface area (Å²) in [4.78, 5) is 22.6. The number of piperazine rings is 1. The largest absolute Gasteiger partial charge is 0.465 e. The number of carbonyl (C=O) groups excluding carboxylic acids is 1. The molecule has 0 spiro atoms. The molecule has 5 nitrogen and oxygen atoms in total. The lowest BCUT2D eigenvalue weighted by molar-refractivity contribution is -0.138. The monoisotopic (exact) mass is 160 g/mol. The predicted molar refractivity (Wildman–Crippen MR) is 39.3 cm³/mol. The number of nitrogens with zero attached hydrogens (tertiary/aromatic N) is 1. The highest BCUT2D eigenvalue weighted by Crippen LogP contribution is 2.28. The number of piperidine rings is 1. The van der Waals surface area contributed by atoms with Crippen molar-refractivity contribution in [2.75, 3.05) is 6.54 Å². The Morgan fingerprint density at radius 3 is 2.91 bits per heavy atom. The van der Waals surface area contributed by atoms with Crippen molar-refractivity contribution < 1.29 is 17.5 Å². The second-order valence-electron chi connectivity index (χ2n) is 2.84. The van der Waals surface area contributed by atoms with Crippen molar-refractivity contribution in [3.05, 3.63) is 0 Å². The van der Waals surface area contributed by atoms with E-state index in [1.165, 1.54) is 4.90 Å². The first-order valence-corrected chi connectivity index (χ1v) is 3.49. The van der Waals surface area contributed by atoms with Crippen LogP contribution in [-0.2, 0) is 4.79 Å². The van der Waals surface area contributed by atoms with Gasteiger partial charge in [0.15, 0.2) is 0 Å². The zero-order valence-corrected chi connectivity index (χ0v) is 5.78. The molecule has 3 rings (SSSR count). The van der Waals surface area contributed by atoms with Gasteiger partial charge in [0.2, 0.25) is 5.91 Å². The van der Waals surface area contributed by atoms with Crippen LogP contribution < -0.4 is 5.32 Å². The lowest BCUT2D eigenvalue weighted by Gasteiger charge is -2.49. The highest BCUT2D eigenvalue weighted by molar-refractivity contribution is 5.89. The van der Waals surface area contributed by atoms with Gasteiger partial charge in [-0.05, 0) is 6.42 Å². The Hall–Kier alpha value is -1.26. The maximum Gasteiger partial charge on any atom is 0.408 e. The maximum absolute atomic E-state index is 10.9. The van der Waals surface area contributed by atoms with E-state index in [-0.39, 0.29) is 14.8 Å². The third-order valence-electron chi connectivity index (χ3n) is 2.26. The molecule has 3 aliphatic heterocycles. The molecule has 64 valence electrons. The normalized spacial score (nSPS) is 34.2. The fourth-order valence-corrected chi connectivity index (χ4v) is 1.64. The van der Waals surface area contributed by atoms with Crippen LogP contribution >= 0.6 is 0 Å². The fourth-order valence-electron chi connectivity index (χ4n) is 1.64. The van der Waals surface area contributed by atoms with Crippen molar-refractivity contribution in [2.24, 2.45) is 0 Å². The summed E-state index contributed by atoms with van der Waals surface area (Å²) in [5.41, 5.74) is 0. The molecule has 2 N–H and O–H groups in total. The summed E-state index contributed by atoms with van der Waals surface area (Å²) >= 11 is 0. The van der Waals surface area contributed by atoms with Gasteiger partial charge in [0, 0.05) is 9.40 Å². The van der Waals surface area contributed by atoms with E-state index < -0.39 is 12.1 Å². The number of fused-ring (bicyclic) bond motifs is 2. The van der Waals surface area contributed by atoms with Crippen molar-refractivity contribution in [3.8, 4) is 0 Å². The molecule has 2 amide bonds. The average molecular weight is 160 g/mol. The van der Waals surface area contributed by atoms with E-state index in [1.807, 2.05) is 0 Å². The first kappa shape index (κ1) is 6.45. The van der Waals surface area contributed by atoms with Crippen LogP contribution in [0.5, 0.6) is 0 Å². The van der Waals surface area contributed by atoms with E-state index >= 15 is 0 Å². The zero-order chi connectivity index (χ0) is 8.01. The maximum atomic E-state index is 10.9. The second kappa shape index (κ2) is 1.87. The summed E-state index contributed by atoms with van der Waals surface area (Å²) in [5, 5.41) is 11.2. The Labute approximate surface area is 65.9 Å². The first-order valence-electron chi connectivity index (χ1n) is 3.49. The number of nitrogens with one attached hydrogen (secondary N) is 1. The molecule has 11 heavy (non-hydrogen) atoms. The van der Waals surface area contributed by atoms with Crippen LogP contribution in [-0.4, -0.2) is 40.6 Å². The first-order chi connectivity index (χ1) is 5.20. The van der Waals surface area contributed by atoms with Crippen molar-refractivity contribution in [1.29, 1.82) is 0 Å². The lowest BCUT2D eigenvalue weighted by Crippen LogP contribution is -2.71. The van der Waals surface area contributed by atoms with Crippen LogP contribution in [0.1, 0.15) is 9.27 Å². The number of hydrogen-bond acceptors (Lipinski definition) is 2. The van der Waals surface area contributed by atoms with Gasteiger partial charge in [0.1, 0.15) is 6.04 Å². The van der Waals surface area contributed by atoms with Crippen molar-refractivity contribution in [2.45, 2.75) is 18.5 Å². The quantitative estimate of drug-likeness (QED) is 0.512. The summed E-state index contributed by atoms with van der Waals surface area (Å²) < 4.78 is 0. The van der Waals surface area contributed by atoms with Gasteiger partial charge in [-0.15, -0.1) is 0 Å². The molecule has 5 heteroatoms. The van der Waals surface area contributed by atoms with Crippen LogP contribution in [0.4, 0.5) is 4.79 Å². The topological polar surface area (TPSA) is 69.6 Å². The van der Waals surface area contributed by atoms with Crippen LogP contribution in [0.15, 0.2) is 0 Å². The molecule has 0 radical (unpaired) electrons. The van der Waals surface area contributed by atoms with Crippen LogP contribution in [0.25, 0.3) is 0 Å². The molecule has 3 heterocycles. The van der Waals surface area contributed by atoms with Crippen molar-refractivity contribution >= 4 is 12.0 Å². The molecule has 3 saturated heterocycles. The van der Waals surface area contributed by atoms with Crippen LogP contribution in [0.3, 0.4) is 0 Å². The summed E-state index contributed by atoms with van der Waals surface area (Å²) in [6.45, 7) is 0.474. The van der Waals surface area contributed by atoms with Gasteiger partial charge in [0.25, 0.3) is 0 Å². The third-order valence-corrected chi connectivity index (χ3v) is 2.26. The number of amides is 2. The third kappa shape index (κ3) is 0.704. The fraction of sp³-hybridized carbons (Fsp3) is 0.667. The minimum absolute atomic E-state index is 0. The molecule has 2 bridgehead atoms. The Kier molecular flexibility index (Phi) is 1.10. The molecule has 1 unspecified atom stereocenters. The molecule has 0 aromatic heterocycles. The number of carboxylic acid groups (broad SMARTS) is 1. The highest BCUT2D eigenvalue weighted by atomic mass is 16.4. The lowest BCUT2D eigenvalue weighted by atomic mass is 9.89. The summed E-state index contributed by atoms with van der Waals surface area (Å²) in [6, 6.07) is -0.388. The Bertz CT molecular complexity index is 234. The van der Waals surface area contributed by atoms with E-state index in [4.69, 9.17) is 5.11 Å². The van der Waals surface area contributed by atoms with E-state index in [1.54, 1.807) is 0 Å². The molecule has 0 saturated carbocycles. The van der Waals surface area contributed by atoms with Gasteiger partial charge in [-0.25, -0.2) is 4.79 Å². The van der Waals surface area contributed by atoms with E-state index in [2.05, 4.69) is 5.32 Å².